The Morgan fingerprint density at radius 3 is 1.95 bits per heavy atom. The summed E-state index contributed by atoms with van der Waals surface area (Å²) in [5, 5.41) is 15.1. The molecule has 0 saturated carbocycles. The molecule has 226 valence electrons. The van der Waals surface area contributed by atoms with E-state index in [1.165, 1.54) is 0 Å². The number of hydrogen-bond donors (Lipinski definition) is 3. The lowest BCUT2D eigenvalue weighted by Crippen LogP contribution is -2.42. The van der Waals surface area contributed by atoms with E-state index in [0.29, 0.717) is 25.3 Å². The third-order valence-electron chi connectivity index (χ3n) is 6.49. The van der Waals surface area contributed by atoms with Crippen molar-refractivity contribution in [1.82, 2.24) is 10.6 Å². The molecular weight excluding hydrogens is 520 g/mol. The quantitative estimate of drug-likeness (QED) is 0.161. The van der Waals surface area contributed by atoms with Gasteiger partial charge in [0.1, 0.15) is 24.0 Å². The van der Waals surface area contributed by atoms with E-state index in [-0.39, 0.29) is 18.4 Å². The number of benzene rings is 2. The van der Waals surface area contributed by atoms with Crippen molar-refractivity contribution < 1.29 is 29.0 Å². The topological polar surface area (TPSA) is 114 Å². The summed E-state index contributed by atoms with van der Waals surface area (Å²) in [4.78, 5) is 35.7. The third-order valence-corrected chi connectivity index (χ3v) is 6.49. The Morgan fingerprint density at radius 2 is 1.37 bits per heavy atom. The molecule has 0 aliphatic carbocycles. The molecule has 2 aromatic carbocycles. The molecule has 3 N–H and O–H groups in total. The number of rotatable bonds is 19. The fourth-order valence-electron chi connectivity index (χ4n) is 4.32. The average molecular weight is 569 g/mol. The molecule has 2 aromatic rings. The highest BCUT2D eigenvalue weighted by atomic mass is 16.6. The highest BCUT2D eigenvalue weighted by molar-refractivity contribution is 5.83. The molecule has 0 radical (unpaired) electrons. The molecule has 0 unspecified atom stereocenters. The summed E-state index contributed by atoms with van der Waals surface area (Å²) < 4.78 is 11.0. The summed E-state index contributed by atoms with van der Waals surface area (Å²) in [6.45, 7) is 6.65. The first kappa shape index (κ1) is 33.7. The van der Waals surface area contributed by atoms with Gasteiger partial charge in [0.05, 0.1) is 0 Å². The second-order valence-electron chi connectivity index (χ2n) is 11.4. The maximum Gasteiger partial charge on any atom is 0.407 e. The number of amides is 2. The fourth-order valence-corrected chi connectivity index (χ4v) is 4.32. The standard InChI is InChI=1S/C33H48N2O6/c1-33(2,3)41-32(39)34-23-15-10-8-6-4-5-7-9-14-18-30(36)35-29(31(37)38)24-26-19-21-28(22-20-26)40-25-27-16-12-11-13-17-27/h11-13,16-17,19-22,29H,4-10,14-15,18,23-25H2,1-3H3,(H,34,39)(H,35,36)(H,37,38)/t29-/m0/s1. The summed E-state index contributed by atoms with van der Waals surface area (Å²) in [5.41, 5.74) is 1.43. The van der Waals surface area contributed by atoms with Crippen LogP contribution in [0.2, 0.25) is 0 Å². The van der Waals surface area contributed by atoms with Gasteiger partial charge in [-0.05, 0) is 56.9 Å². The average Bonchev–Trinajstić information content (AvgIpc) is 2.92. The molecule has 1 atom stereocenters. The van der Waals surface area contributed by atoms with Gasteiger partial charge in [0.2, 0.25) is 5.91 Å². The van der Waals surface area contributed by atoms with E-state index in [1.807, 2.05) is 75.4 Å². The Hall–Kier alpha value is -3.55. The minimum Gasteiger partial charge on any atom is -0.489 e. The number of unbranched alkanes of at least 4 members (excludes halogenated alkanes) is 8. The van der Waals surface area contributed by atoms with Crippen LogP contribution in [0.5, 0.6) is 5.75 Å². The zero-order chi connectivity index (χ0) is 29.9. The maximum atomic E-state index is 12.4. The van der Waals surface area contributed by atoms with Gasteiger partial charge in [-0.3, -0.25) is 4.79 Å². The molecule has 0 aliphatic rings. The molecule has 8 nitrogen and oxygen atoms in total. The van der Waals surface area contributed by atoms with Crippen LogP contribution >= 0.6 is 0 Å². The number of nitrogens with one attached hydrogen (secondary N) is 2. The van der Waals surface area contributed by atoms with Crippen LogP contribution in [-0.4, -0.2) is 41.3 Å². The molecule has 2 rings (SSSR count). The number of carboxylic acid groups (broad SMARTS) is 1. The van der Waals surface area contributed by atoms with E-state index >= 15 is 0 Å². The van der Waals surface area contributed by atoms with Gasteiger partial charge in [-0.15, -0.1) is 0 Å². The van der Waals surface area contributed by atoms with Crippen LogP contribution in [-0.2, 0) is 27.4 Å². The molecule has 0 bridgehead atoms. The van der Waals surface area contributed by atoms with Gasteiger partial charge < -0.3 is 25.2 Å². The van der Waals surface area contributed by atoms with Crippen LogP contribution in [0.1, 0.15) is 96.1 Å². The normalized spacial score (nSPS) is 11.9. The number of carboxylic acids is 1. The van der Waals surface area contributed by atoms with Crippen molar-refractivity contribution in [1.29, 1.82) is 0 Å². The van der Waals surface area contributed by atoms with Crippen LogP contribution in [0.4, 0.5) is 4.79 Å². The van der Waals surface area contributed by atoms with Crippen LogP contribution in [0.25, 0.3) is 0 Å². The number of carbonyl (C=O) groups is 3. The molecule has 8 heteroatoms. The Bertz CT molecular complexity index is 1030. The number of hydrogen-bond acceptors (Lipinski definition) is 5. The van der Waals surface area contributed by atoms with Crippen molar-refractivity contribution >= 4 is 18.0 Å². The van der Waals surface area contributed by atoms with Gasteiger partial charge in [0.25, 0.3) is 0 Å². The second-order valence-corrected chi connectivity index (χ2v) is 11.4. The summed E-state index contributed by atoms with van der Waals surface area (Å²) in [5.74, 6) is -0.551. The minimum atomic E-state index is -1.04. The van der Waals surface area contributed by atoms with Crippen molar-refractivity contribution in [3.05, 3.63) is 65.7 Å². The Balaban J connectivity index is 1.51. The highest BCUT2D eigenvalue weighted by Crippen LogP contribution is 2.16. The summed E-state index contributed by atoms with van der Waals surface area (Å²) in [6.07, 6.45) is 9.56. The van der Waals surface area contributed by atoms with Gasteiger partial charge in [-0.1, -0.05) is 87.4 Å². The molecule has 0 spiro atoms. The Morgan fingerprint density at radius 1 is 0.780 bits per heavy atom. The largest absolute Gasteiger partial charge is 0.489 e. The summed E-state index contributed by atoms with van der Waals surface area (Å²) >= 11 is 0. The van der Waals surface area contributed by atoms with E-state index in [1.54, 1.807) is 0 Å². The van der Waals surface area contributed by atoms with Crippen molar-refractivity contribution in [2.24, 2.45) is 0 Å². The number of alkyl carbamates (subject to hydrolysis) is 1. The van der Waals surface area contributed by atoms with E-state index in [2.05, 4.69) is 10.6 Å². The molecule has 41 heavy (non-hydrogen) atoms. The van der Waals surface area contributed by atoms with E-state index < -0.39 is 17.6 Å². The van der Waals surface area contributed by atoms with Gasteiger partial charge in [-0.2, -0.15) is 0 Å². The lowest BCUT2D eigenvalue weighted by atomic mass is 10.0. The lowest BCUT2D eigenvalue weighted by Gasteiger charge is -2.19. The molecule has 0 heterocycles. The van der Waals surface area contributed by atoms with Crippen molar-refractivity contribution in [2.75, 3.05) is 6.54 Å². The molecule has 0 aliphatic heterocycles. The molecule has 2 amide bonds. The van der Waals surface area contributed by atoms with Gasteiger partial charge in [0, 0.05) is 19.4 Å². The van der Waals surface area contributed by atoms with Crippen molar-refractivity contribution in [3.8, 4) is 5.75 Å². The Kier molecular flexibility index (Phi) is 15.4. The van der Waals surface area contributed by atoms with Crippen LogP contribution in [0, 0.1) is 0 Å². The molecular formula is C33H48N2O6. The number of aliphatic carboxylic acids is 1. The minimum absolute atomic E-state index is 0.219. The maximum absolute atomic E-state index is 12.4. The molecule has 0 saturated heterocycles. The molecule has 0 aromatic heterocycles. The zero-order valence-corrected chi connectivity index (χ0v) is 25.0. The van der Waals surface area contributed by atoms with E-state index in [0.717, 1.165) is 68.9 Å². The second kappa shape index (κ2) is 18.7. The summed E-state index contributed by atoms with van der Waals surface area (Å²) in [7, 11) is 0. The van der Waals surface area contributed by atoms with Gasteiger partial charge in [-0.25, -0.2) is 9.59 Å². The van der Waals surface area contributed by atoms with E-state index in [9.17, 15) is 19.5 Å². The smallest absolute Gasteiger partial charge is 0.407 e. The lowest BCUT2D eigenvalue weighted by molar-refractivity contribution is -0.141. The predicted molar refractivity (Wildman–Crippen MR) is 161 cm³/mol. The van der Waals surface area contributed by atoms with Gasteiger partial charge in [0.15, 0.2) is 0 Å². The summed E-state index contributed by atoms with van der Waals surface area (Å²) in [6, 6.07) is 16.2. The number of carbonyl (C=O) groups excluding carboxylic acids is 2. The SMILES string of the molecule is CC(C)(C)OC(=O)NCCCCCCCCCCCC(=O)N[C@@H](Cc1ccc(OCc2ccccc2)cc1)C(=O)O. The van der Waals surface area contributed by atoms with Crippen LogP contribution in [0.15, 0.2) is 54.6 Å². The first-order valence-electron chi connectivity index (χ1n) is 14.9. The first-order valence-corrected chi connectivity index (χ1v) is 14.9. The number of ether oxygens (including phenoxy) is 2. The van der Waals surface area contributed by atoms with E-state index in [4.69, 9.17) is 9.47 Å². The third kappa shape index (κ3) is 16.3. The molecule has 0 fully saturated rings. The van der Waals surface area contributed by atoms with Crippen molar-refractivity contribution in [3.63, 3.8) is 0 Å². The van der Waals surface area contributed by atoms with Crippen molar-refractivity contribution in [2.45, 2.75) is 110 Å². The monoisotopic (exact) mass is 568 g/mol. The first-order chi connectivity index (χ1) is 19.6. The predicted octanol–water partition coefficient (Wildman–Crippen LogP) is 6.80. The van der Waals surface area contributed by atoms with Crippen LogP contribution in [0.3, 0.4) is 0 Å². The van der Waals surface area contributed by atoms with Crippen LogP contribution < -0.4 is 15.4 Å². The zero-order valence-electron chi connectivity index (χ0n) is 25.0. The highest BCUT2D eigenvalue weighted by Gasteiger charge is 2.20. The van der Waals surface area contributed by atoms with Gasteiger partial charge >= 0.3 is 12.1 Å². The Labute approximate surface area is 245 Å². The fraction of sp³-hybridized carbons (Fsp3) is 0.545.